The van der Waals surface area contributed by atoms with Crippen molar-refractivity contribution in [3.63, 3.8) is 0 Å². The Morgan fingerprint density at radius 2 is 1.86 bits per heavy atom. The molecular formula is C29H39N3O5. The Bertz CT molecular complexity index is 1230. The van der Waals surface area contributed by atoms with Crippen LogP contribution in [0.2, 0.25) is 0 Å². The van der Waals surface area contributed by atoms with Gasteiger partial charge in [0.05, 0.1) is 39.1 Å². The number of aromatic nitrogens is 1. The van der Waals surface area contributed by atoms with E-state index in [4.69, 9.17) is 13.9 Å². The largest absolute Gasteiger partial charge is 0.496 e. The molecule has 1 aliphatic heterocycles. The van der Waals surface area contributed by atoms with Crippen molar-refractivity contribution in [2.24, 2.45) is 0 Å². The highest BCUT2D eigenvalue weighted by atomic mass is 16.5. The van der Waals surface area contributed by atoms with Crippen LogP contribution in [0.1, 0.15) is 75.5 Å². The second kappa shape index (κ2) is 11.3. The highest BCUT2D eigenvalue weighted by molar-refractivity contribution is 6.05. The number of hydrogen-bond donors (Lipinski definition) is 1. The summed E-state index contributed by atoms with van der Waals surface area (Å²) in [6.45, 7) is 6.63. The van der Waals surface area contributed by atoms with E-state index in [1.807, 2.05) is 35.8 Å². The number of fused-ring (bicyclic) bond motifs is 3. The summed E-state index contributed by atoms with van der Waals surface area (Å²) in [6, 6.07) is 9.17. The van der Waals surface area contributed by atoms with Crippen LogP contribution < -0.4 is 14.8 Å². The van der Waals surface area contributed by atoms with Gasteiger partial charge in [-0.25, -0.2) is 0 Å². The molecule has 0 saturated carbocycles. The van der Waals surface area contributed by atoms with Gasteiger partial charge in [-0.2, -0.15) is 0 Å². The minimum atomic E-state index is -1.15. The number of benzene rings is 1. The van der Waals surface area contributed by atoms with Crippen LogP contribution in [0.25, 0.3) is 10.9 Å². The summed E-state index contributed by atoms with van der Waals surface area (Å²) in [5.74, 6) is 1.50. The lowest BCUT2D eigenvalue weighted by molar-refractivity contribution is -0.134. The average Bonchev–Trinajstić information content (AvgIpc) is 3.54. The van der Waals surface area contributed by atoms with Crippen LogP contribution in [0, 0.1) is 0 Å². The van der Waals surface area contributed by atoms with E-state index >= 15 is 0 Å². The molecular weight excluding hydrogens is 470 g/mol. The third kappa shape index (κ3) is 5.06. The highest BCUT2D eigenvalue weighted by Crippen LogP contribution is 2.40. The average molecular weight is 510 g/mol. The Kier molecular flexibility index (Phi) is 8.15. The molecule has 0 bridgehead atoms. The minimum absolute atomic E-state index is 0.0684. The van der Waals surface area contributed by atoms with Gasteiger partial charge in [-0.15, -0.1) is 0 Å². The standard InChI is InChI=1S/C29H39N3O5/c1-6-8-9-12-20(11-7-2)30-28(34)29(3)19-31-23(27(33)32(29)18-21-13-10-16-37-21)17-22-24(35-4)14-15-25(36-5)26(22)31/h10,13-17,20H,6-9,11-12,18-19H2,1-5H3,(H,30,34). The lowest BCUT2D eigenvalue weighted by atomic mass is 9.93. The summed E-state index contributed by atoms with van der Waals surface area (Å²) in [4.78, 5) is 29.8. The molecule has 1 aromatic carbocycles. The van der Waals surface area contributed by atoms with Crippen molar-refractivity contribution in [1.29, 1.82) is 0 Å². The maximum Gasteiger partial charge on any atom is 0.271 e. The van der Waals surface area contributed by atoms with Gasteiger partial charge in [-0.1, -0.05) is 39.5 Å². The van der Waals surface area contributed by atoms with Crippen LogP contribution in [0.4, 0.5) is 0 Å². The fourth-order valence-electron chi connectivity index (χ4n) is 5.38. The number of amides is 2. The summed E-state index contributed by atoms with van der Waals surface area (Å²) in [5.41, 5.74) is 0.0887. The summed E-state index contributed by atoms with van der Waals surface area (Å²) < 4.78 is 18.7. The molecule has 0 saturated heterocycles. The predicted octanol–water partition coefficient (Wildman–Crippen LogP) is 5.53. The molecule has 3 heterocycles. The smallest absolute Gasteiger partial charge is 0.271 e. The van der Waals surface area contributed by atoms with Gasteiger partial charge in [0.1, 0.15) is 28.5 Å². The number of rotatable bonds is 12. The van der Waals surface area contributed by atoms with Gasteiger partial charge in [0.15, 0.2) is 0 Å². The molecule has 2 unspecified atom stereocenters. The number of nitrogens with zero attached hydrogens (tertiary/aromatic N) is 2. The number of unbranched alkanes of at least 4 members (excludes halogenated alkanes) is 2. The van der Waals surface area contributed by atoms with E-state index in [1.165, 1.54) is 0 Å². The van der Waals surface area contributed by atoms with E-state index in [0.29, 0.717) is 23.0 Å². The zero-order valence-electron chi connectivity index (χ0n) is 22.6. The van der Waals surface area contributed by atoms with Gasteiger partial charge in [0, 0.05) is 11.4 Å². The van der Waals surface area contributed by atoms with Gasteiger partial charge in [0.2, 0.25) is 5.91 Å². The van der Waals surface area contributed by atoms with Crippen molar-refractivity contribution in [2.45, 2.75) is 84.0 Å². The van der Waals surface area contributed by atoms with E-state index < -0.39 is 5.54 Å². The van der Waals surface area contributed by atoms with Gasteiger partial charge in [-0.05, 0) is 50.1 Å². The fraction of sp³-hybridized carbons (Fsp3) is 0.517. The van der Waals surface area contributed by atoms with E-state index in [0.717, 1.165) is 49.4 Å². The summed E-state index contributed by atoms with van der Waals surface area (Å²) in [5, 5.41) is 4.08. The number of nitrogens with one attached hydrogen (secondary N) is 1. The Balaban J connectivity index is 1.78. The maximum absolute atomic E-state index is 14.1. The first-order valence-corrected chi connectivity index (χ1v) is 13.3. The first kappa shape index (κ1) is 26.6. The van der Waals surface area contributed by atoms with Gasteiger partial charge in [-0.3, -0.25) is 9.59 Å². The number of furan rings is 1. The van der Waals surface area contributed by atoms with Gasteiger partial charge < -0.3 is 28.7 Å². The molecule has 1 aliphatic rings. The summed E-state index contributed by atoms with van der Waals surface area (Å²) in [6.07, 6.45) is 7.72. The number of carbonyl (C=O) groups is 2. The number of carbonyl (C=O) groups excluding carboxylic acids is 2. The zero-order chi connectivity index (χ0) is 26.6. The summed E-state index contributed by atoms with van der Waals surface area (Å²) >= 11 is 0. The quantitative estimate of drug-likeness (QED) is 0.325. The van der Waals surface area contributed by atoms with Crippen LogP contribution in [-0.2, 0) is 17.9 Å². The number of methoxy groups -OCH3 is 2. The Labute approximate surface area is 218 Å². The maximum atomic E-state index is 14.1. The molecule has 2 amide bonds. The van der Waals surface area contributed by atoms with Crippen molar-refractivity contribution in [3.05, 3.63) is 48.0 Å². The molecule has 37 heavy (non-hydrogen) atoms. The van der Waals surface area contributed by atoms with E-state index in [-0.39, 0.29) is 30.9 Å². The molecule has 2 atom stereocenters. The second-order valence-electron chi connectivity index (χ2n) is 10.0. The minimum Gasteiger partial charge on any atom is -0.496 e. The highest BCUT2D eigenvalue weighted by Gasteiger charge is 2.48. The first-order chi connectivity index (χ1) is 17.9. The Morgan fingerprint density at radius 3 is 2.51 bits per heavy atom. The Morgan fingerprint density at radius 1 is 1.11 bits per heavy atom. The molecule has 8 nitrogen and oxygen atoms in total. The number of ether oxygens (including phenoxy) is 2. The molecule has 200 valence electrons. The van der Waals surface area contributed by atoms with Crippen molar-refractivity contribution < 1.29 is 23.5 Å². The predicted molar refractivity (Wildman–Crippen MR) is 143 cm³/mol. The van der Waals surface area contributed by atoms with Crippen molar-refractivity contribution in [1.82, 2.24) is 14.8 Å². The zero-order valence-corrected chi connectivity index (χ0v) is 22.6. The van der Waals surface area contributed by atoms with Crippen LogP contribution in [0.3, 0.4) is 0 Å². The molecule has 0 fully saturated rings. The molecule has 3 aromatic rings. The molecule has 2 aromatic heterocycles. The topological polar surface area (TPSA) is 85.9 Å². The lowest BCUT2D eigenvalue weighted by Crippen LogP contribution is -2.64. The SMILES string of the molecule is CCCCCC(CCC)NC(=O)C1(C)Cn2c(cc3c(OC)ccc(OC)c32)C(=O)N1Cc1ccco1. The first-order valence-electron chi connectivity index (χ1n) is 13.3. The molecule has 0 spiro atoms. The Hall–Kier alpha value is -3.42. The number of hydrogen-bond acceptors (Lipinski definition) is 5. The van der Waals surface area contributed by atoms with Gasteiger partial charge >= 0.3 is 0 Å². The molecule has 0 aliphatic carbocycles. The third-order valence-electron chi connectivity index (χ3n) is 7.46. The summed E-state index contributed by atoms with van der Waals surface area (Å²) in [7, 11) is 3.21. The molecule has 8 heteroatoms. The van der Waals surface area contributed by atoms with Crippen LogP contribution in [-0.4, -0.2) is 47.1 Å². The van der Waals surface area contributed by atoms with E-state index in [9.17, 15) is 9.59 Å². The molecule has 0 radical (unpaired) electrons. The molecule has 4 rings (SSSR count). The fourth-order valence-corrected chi connectivity index (χ4v) is 5.38. The van der Waals surface area contributed by atoms with E-state index in [2.05, 4.69) is 19.2 Å². The van der Waals surface area contributed by atoms with E-state index in [1.54, 1.807) is 31.4 Å². The second-order valence-corrected chi connectivity index (χ2v) is 10.0. The van der Waals surface area contributed by atoms with Crippen LogP contribution in [0.5, 0.6) is 11.5 Å². The monoisotopic (exact) mass is 509 g/mol. The van der Waals surface area contributed by atoms with Crippen molar-refractivity contribution in [2.75, 3.05) is 14.2 Å². The normalized spacial score (nSPS) is 18.1. The molecule has 1 N–H and O–H groups in total. The lowest BCUT2D eigenvalue weighted by Gasteiger charge is -2.44. The van der Waals surface area contributed by atoms with Crippen molar-refractivity contribution >= 4 is 22.7 Å². The van der Waals surface area contributed by atoms with Gasteiger partial charge in [0.25, 0.3) is 5.91 Å². The van der Waals surface area contributed by atoms with Crippen LogP contribution in [0.15, 0.2) is 41.0 Å². The van der Waals surface area contributed by atoms with Crippen LogP contribution >= 0.6 is 0 Å². The third-order valence-corrected chi connectivity index (χ3v) is 7.46. The van der Waals surface area contributed by atoms with Crippen molar-refractivity contribution in [3.8, 4) is 11.5 Å².